The van der Waals surface area contributed by atoms with Crippen LogP contribution in [0.25, 0.3) is 10.8 Å². The Morgan fingerprint density at radius 2 is 1.62 bits per heavy atom. The summed E-state index contributed by atoms with van der Waals surface area (Å²) >= 11 is 0. The molecule has 2 amide bonds. The second-order valence-electron chi connectivity index (χ2n) is 23.3. The highest BCUT2D eigenvalue weighted by atomic mass is 16.7. The smallest absolute Gasteiger partial charge is 0.329 e. The number of cyclic esters (lactones) is 1. The lowest BCUT2D eigenvalue weighted by Gasteiger charge is -2.47. The molecule has 6 N–H and O–H groups in total. The van der Waals surface area contributed by atoms with Gasteiger partial charge in [0.15, 0.2) is 0 Å². The van der Waals surface area contributed by atoms with E-state index in [2.05, 4.69) is 41.9 Å². The highest BCUT2D eigenvalue weighted by Gasteiger charge is 2.56. The molecule has 3 aliphatic heterocycles. The lowest BCUT2D eigenvalue weighted by molar-refractivity contribution is -0.302. The fourth-order valence-electron chi connectivity index (χ4n) is 12.5. The minimum absolute atomic E-state index is 0.00988. The Labute approximate surface area is 478 Å². The van der Waals surface area contributed by atoms with Crippen LogP contribution in [0.1, 0.15) is 141 Å². The Kier molecular flexibility index (Phi) is 23.7. The summed E-state index contributed by atoms with van der Waals surface area (Å²) in [5, 5.41) is 46.7. The number of hydrogen-bond donors (Lipinski definition) is 5. The van der Waals surface area contributed by atoms with Crippen molar-refractivity contribution in [3.05, 3.63) is 102 Å². The predicted molar refractivity (Wildman–Crippen MR) is 306 cm³/mol. The van der Waals surface area contributed by atoms with Crippen LogP contribution >= 0.6 is 0 Å². The van der Waals surface area contributed by atoms with Gasteiger partial charge >= 0.3 is 5.97 Å². The number of imidazole rings is 1. The number of esters is 1. The van der Waals surface area contributed by atoms with E-state index in [-0.39, 0.29) is 61.3 Å². The Bertz CT molecular complexity index is 2680. The standard InChI is InChI=1S/C44H69NO12.C19H21N3O2/c1-10-13-31-19-25(2)18-26(3)20-37(54-8)40-38(55-9)22-28(5)44(52,57-40)41(49)42(50)45-17-12-11-14-32(45)43(51)56-39(29(6)34(47)24-35(31)48)27(4)21-30-15-16-33(46)36(23-30)53-7;1-13(23)18(22-11-17(19(20)24)21-12-22)10-9-15-7-4-6-14-5-2-3-8-16(14)15/h10,19,21,26,28-34,36-40,46-47,52H,1,11-18,20,22-24H2,2-9H3;2-8,11-13,18,23H,9-10H2,1H3,(H2,20,24)/b25-19+,27-21+;/t26-,28+,29+,30-,31+,32-,33+,34-,36+,37-,38-,39+,40+,44+;13-,18+/m00/s1. The molecule has 2 saturated heterocycles. The van der Waals surface area contributed by atoms with Gasteiger partial charge in [-0.05, 0) is 132 Å². The third kappa shape index (κ3) is 16.2. The molecule has 81 heavy (non-hydrogen) atoms. The molecule has 3 fully saturated rings. The third-order valence-corrected chi connectivity index (χ3v) is 17.3. The predicted octanol–water partition coefficient (Wildman–Crippen LogP) is 7.33. The van der Waals surface area contributed by atoms with Crippen molar-refractivity contribution in [2.45, 2.75) is 192 Å². The molecule has 16 atom stereocenters. The number of rotatable bonds is 13. The van der Waals surface area contributed by atoms with Gasteiger partial charge in [-0.2, -0.15) is 0 Å². The Balaban J connectivity index is 0.000000363. The molecule has 0 radical (unpaired) electrons. The van der Waals surface area contributed by atoms with Crippen molar-refractivity contribution in [3.8, 4) is 0 Å². The molecule has 3 aromatic rings. The summed E-state index contributed by atoms with van der Waals surface area (Å²) in [4.78, 5) is 73.0. The van der Waals surface area contributed by atoms with Gasteiger partial charge in [-0.3, -0.25) is 19.2 Å². The van der Waals surface area contributed by atoms with E-state index in [0.29, 0.717) is 56.9 Å². The molecule has 0 spiro atoms. The number of aryl methyl sites for hydroxylation is 1. The molecule has 1 saturated carbocycles. The first-order chi connectivity index (χ1) is 38.5. The number of aliphatic hydroxyl groups is 4. The first kappa shape index (κ1) is 64.7. The van der Waals surface area contributed by atoms with Crippen LogP contribution in [0, 0.1) is 29.6 Å². The van der Waals surface area contributed by atoms with Crippen LogP contribution in [0.4, 0.5) is 0 Å². The van der Waals surface area contributed by atoms with Crippen molar-refractivity contribution in [2.24, 2.45) is 35.3 Å². The third-order valence-electron chi connectivity index (χ3n) is 17.3. The molecule has 2 aromatic carbocycles. The summed E-state index contributed by atoms with van der Waals surface area (Å²) in [6.45, 7) is 14.9. The monoisotopic (exact) mass is 1130 g/mol. The zero-order valence-electron chi connectivity index (χ0n) is 49.0. The first-order valence-electron chi connectivity index (χ1n) is 28.9. The van der Waals surface area contributed by atoms with E-state index in [4.69, 9.17) is 29.4 Å². The van der Waals surface area contributed by atoms with E-state index in [0.717, 1.165) is 18.4 Å². The van der Waals surface area contributed by atoms with Gasteiger partial charge in [0.1, 0.15) is 29.7 Å². The molecule has 18 nitrogen and oxygen atoms in total. The highest BCUT2D eigenvalue weighted by Crippen LogP contribution is 2.40. The van der Waals surface area contributed by atoms with Gasteiger partial charge in [0, 0.05) is 58.2 Å². The fourth-order valence-corrected chi connectivity index (χ4v) is 12.5. The number of aliphatic hydroxyl groups excluding tert-OH is 3. The van der Waals surface area contributed by atoms with Crippen molar-refractivity contribution in [1.29, 1.82) is 0 Å². The number of fused-ring (bicyclic) bond motifs is 4. The van der Waals surface area contributed by atoms with E-state index in [1.807, 2.05) is 45.1 Å². The van der Waals surface area contributed by atoms with Gasteiger partial charge < -0.3 is 59.3 Å². The average molecular weight is 1130 g/mol. The van der Waals surface area contributed by atoms with E-state index >= 15 is 0 Å². The van der Waals surface area contributed by atoms with Crippen LogP contribution in [0.2, 0.25) is 0 Å². The lowest BCUT2D eigenvalue weighted by atomic mass is 9.81. The van der Waals surface area contributed by atoms with Crippen LogP contribution in [-0.4, -0.2) is 153 Å². The van der Waals surface area contributed by atoms with Crippen molar-refractivity contribution < 1.29 is 68.1 Å². The maximum atomic E-state index is 14.3. The topological polar surface area (TPSA) is 260 Å². The van der Waals surface area contributed by atoms with Crippen LogP contribution < -0.4 is 5.73 Å². The largest absolute Gasteiger partial charge is 0.456 e. The second-order valence-corrected chi connectivity index (χ2v) is 23.3. The van der Waals surface area contributed by atoms with Crippen LogP contribution in [0.3, 0.4) is 0 Å². The van der Waals surface area contributed by atoms with Gasteiger partial charge in [-0.25, -0.2) is 9.78 Å². The summed E-state index contributed by atoms with van der Waals surface area (Å²) in [7, 11) is 4.61. The summed E-state index contributed by atoms with van der Waals surface area (Å²) in [6.07, 6.45) is 9.08. The molecule has 446 valence electrons. The van der Waals surface area contributed by atoms with E-state index in [1.54, 1.807) is 51.0 Å². The number of Topliss-reactive ketones (excluding diaryl/α,β-unsaturated/α-hetero) is 2. The number of ketones is 2. The van der Waals surface area contributed by atoms with E-state index < -0.39 is 95.9 Å². The summed E-state index contributed by atoms with van der Waals surface area (Å²) in [5.74, 6) is -8.32. The Morgan fingerprint density at radius 1 is 0.926 bits per heavy atom. The summed E-state index contributed by atoms with van der Waals surface area (Å²) < 4.78 is 31.5. The lowest BCUT2D eigenvalue weighted by Crippen LogP contribution is -2.64. The number of nitrogens with two attached hydrogens (primary N) is 1. The molecule has 1 aromatic heterocycles. The zero-order valence-corrected chi connectivity index (χ0v) is 49.0. The zero-order chi connectivity index (χ0) is 59.3. The number of aromatic nitrogens is 2. The SMILES string of the molecule is C=CC[C@@H]1/C=C(\C)C[C@H](C)C[C@H](OC)[C@H]2O[C@@](O)(C(=O)C(=O)N3CCCC[C@H]3C(=O)O[C@H](/C(C)=C/[C@@H]3CC[C@@H](O)[C@H](OC)C3)[C@H](C)[C@@H](O)CC1=O)[C@H](C)C[C@@H]2OC.C[C@H](O)[C@@H](CCc1cccc2ccccc12)n1cnc(C(N)=O)c1. The number of primary amides is 1. The van der Waals surface area contributed by atoms with Gasteiger partial charge in [-0.1, -0.05) is 87.0 Å². The number of allylic oxidation sites excluding steroid dienone is 4. The van der Waals surface area contributed by atoms with E-state index in [9.17, 15) is 44.4 Å². The van der Waals surface area contributed by atoms with Gasteiger partial charge in [0.25, 0.3) is 17.6 Å². The number of methoxy groups -OCH3 is 3. The number of piperidine rings is 1. The number of hydrogen-bond acceptors (Lipinski definition) is 15. The minimum atomic E-state index is -2.51. The number of ether oxygens (including phenoxy) is 5. The quantitative estimate of drug-likeness (QED) is 0.0638. The maximum absolute atomic E-state index is 14.3. The molecule has 4 heterocycles. The number of carbonyl (C=O) groups excluding carboxylic acids is 5. The molecule has 0 unspecified atom stereocenters. The Hall–Kier alpha value is -5.44. The van der Waals surface area contributed by atoms with Crippen LogP contribution in [0.15, 0.2) is 90.9 Å². The second kappa shape index (κ2) is 29.7. The van der Waals surface area contributed by atoms with Crippen LogP contribution in [0.5, 0.6) is 0 Å². The number of amides is 2. The summed E-state index contributed by atoms with van der Waals surface area (Å²) in [5.41, 5.74) is 8.32. The number of benzene rings is 2. The first-order valence-corrected chi connectivity index (χ1v) is 28.9. The molecule has 4 aliphatic rings. The molecule has 2 bridgehead atoms. The van der Waals surface area contributed by atoms with Crippen molar-refractivity contribution >= 4 is 40.1 Å². The molecule has 7 rings (SSSR count). The molecular weight excluding hydrogens is 1040 g/mol. The summed E-state index contributed by atoms with van der Waals surface area (Å²) in [6, 6.07) is 13.2. The van der Waals surface area contributed by atoms with Gasteiger partial charge in [-0.15, -0.1) is 6.58 Å². The minimum Gasteiger partial charge on any atom is -0.456 e. The Morgan fingerprint density at radius 3 is 2.28 bits per heavy atom. The average Bonchev–Trinajstić information content (AvgIpc) is 4.04. The van der Waals surface area contributed by atoms with Crippen molar-refractivity contribution in [3.63, 3.8) is 0 Å². The van der Waals surface area contributed by atoms with Gasteiger partial charge in [0.05, 0.1) is 49.0 Å². The van der Waals surface area contributed by atoms with Crippen molar-refractivity contribution in [1.82, 2.24) is 14.5 Å². The fraction of sp³-hybridized carbons (Fsp3) is 0.619. The number of nitrogens with zero attached hydrogens (tertiary/aromatic N) is 3. The van der Waals surface area contributed by atoms with Crippen LogP contribution in [-0.2, 0) is 49.3 Å². The molecule has 18 heteroatoms. The number of carbonyl (C=O) groups is 5. The normalized spacial score (nSPS) is 32.9. The van der Waals surface area contributed by atoms with Crippen molar-refractivity contribution in [2.75, 3.05) is 27.9 Å². The van der Waals surface area contributed by atoms with E-state index in [1.165, 1.54) is 35.5 Å². The molecule has 1 aliphatic carbocycles. The van der Waals surface area contributed by atoms with Gasteiger partial charge in [0.2, 0.25) is 5.79 Å². The molecular formula is C63H90N4O14. The maximum Gasteiger partial charge on any atom is 0.329 e. The highest BCUT2D eigenvalue weighted by molar-refractivity contribution is 6.39.